The van der Waals surface area contributed by atoms with Crippen molar-refractivity contribution >= 4 is 19.7 Å². The van der Waals surface area contributed by atoms with Crippen LogP contribution in [0.2, 0.25) is 0 Å². The van der Waals surface area contributed by atoms with Crippen LogP contribution >= 0.6 is 0 Å². The topological polar surface area (TPSA) is 89.5 Å². The minimum Gasteiger partial charge on any atom is -0.494 e. The highest BCUT2D eigenvalue weighted by atomic mass is 32.2. The molecule has 2 rings (SSSR count). The van der Waals surface area contributed by atoms with E-state index in [2.05, 4.69) is 5.32 Å². The molecule has 0 amide bonds. The molecule has 9 heteroatoms. The summed E-state index contributed by atoms with van der Waals surface area (Å²) in [6, 6.07) is 6.90. The molecular formula is C19H26FNO5S2. The Morgan fingerprint density at radius 2 is 1.79 bits per heavy atom. The Balaban J connectivity index is 2.21. The number of allylic oxidation sites excluding steroid dienone is 2. The normalized spacial score (nSPS) is 22.6. The van der Waals surface area contributed by atoms with Crippen LogP contribution in [0.5, 0.6) is 5.75 Å². The first-order valence-electron chi connectivity index (χ1n) is 8.85. The Hall–Kier alpha value is -1.87. The number of hydrogen-bond donors (Lipinski definition) is 1. The van der Waals surface area contributed by atoms with Gasteiger partial charge in [-0.05, 0) is 43.2 Å². The van der Waals surface area contributed by atoms with Gasteiger partial charge in [0, 0.05) is 24.8 Å². The first kappa shape index (κ1) is 22.4. The molecule has 1 aliphatic rings. The molecule has 0 fully saturated rings. The molecule has 1 aromatic rings. The highest BCUT2D eigenvalue weighted by Crippen LogP contribution is 2.35. The predicted molar refractivity (Wildman–Crippen MR) is 109 cm³/mol. The lowest BCUT2D eigenvalue weighted by Crippen LogP contribution is -2.48. The molecule has 0 bridgehead atoms. The maximum Gasteiger partial charge on any atom is 0.160 e. The van der Waals surface area contributed by atoms with E-state index in [4.69, 9.17) is 4.74 Å². The van der Waals surface area contributed by atoms with Crippen LogP contribution in [0.1, 0.15) is 12.5 Å². The van der Waals surface area contributed by atoms with Gasteiger partial charge < -0.3 is 10.1 Å². The molecule has 1 N–H and O–H groups in total. The van der Waals surface area contributed by atoms with Crippen molar-refractivity contribution in [3.8, 4) is 5.75 Å². The molecule has 28 heavy (non-hydrogen) atoms. The minimum absolute atomic E-state index is 0.0248. The second-order valence-electron chi connectivity index (χ2n) is 6.89. The van der Waals surface area contributed by atoms with Gasteiger partial charge in [-0.3, -0.25) is 0 Å². The third-order valence-electron chi connectivity index (χ3n) is 4.54. The van der Waals surface area contributed by atoms with Crippen LogP contribution in [-0.4, -0.2) is 59.2 Å². The Labute approximate surface area is 166 Å². The van der Waals surface area contributed by atoms with Crippen LogP contribution in [0.3, 0.4) is 0 Å². The fraction of sp³-hybridized carbons (Fsp3) is 0.474. The molecule has 0 saturated heterocycles. The van der Waals surface area contributed by atoms with Gasteiger partial charge in [-0.2, -0.15) is 0 Å². The van der Waals surface area contributed by atoms with Crippen LogP contribution < -0.4 is 10.1 Å². The molecule has 0 spiro atoms. The predicted octanol–water partition coefficient (Wildman–Crippen LogP) is 1.84. The SMILES string of the molecule is CCOc1ccc(CC2(S(C)(=O)=O)C=CC(NCCS(C)(=O)=O)=CC2F)cc1. The summed E-state index contributed by atoms with van der Waals surface area (Å²) in [5, 5.41) is 2.83. The standard InChI is InChI=1S/C19H26FNO5S2/c1-4-26-17-7-5-15(6-8-17)14-19(28(3,24)25)10-9-16(13-18(19)20)21-11-12-27(2,22)23/h5-10,13,18,21H,4,11-12,14H2,1-3H3. The highest BCUT2D eigenvalue weighted by Gasteiger charge is 2.47. The zero-order valence-corrected chi connectivity index (χ0v) is 17.8. The van der Waals surface area contributed by atoms with Crippen molar-refractivity contribution in [2.24, 2.45) is 0 Å². The Bertz CT molecular complexity index is 953. The first-order valence-corrected chi connectivity index (χ1v) is 12.8. The van der Waals surface area contributed by atoms with Gasteiger partial charge in [-0.15, -0.1) is 0 Å². The lowest BCUT2D eigenvalue weighted by Gasteiger charge is -2.34. The van der Waals surface area contributed by atoms with Gasteiger partial charge in [-0.25, -0.2) is 21.2 Å². The molecule has 0 aliphatic heterocycles. The maximum absolute atomic E-state index is 15.1. The van der Waals surface area contributed by atoms with Crippen LogP contribution in [0, 0.1) is 0 Å². The fourth-order valence-corrected chi connectivity index (χ4v) is 4.67. The first-order chi connectivity index (χ1) is 13.0. The lowest BCUT2D eigenvalue weighted by atomic mass is 9.89. The van der Waals surface area contributed by atoms with E-state index in [1.165, 1.54) is 18.2 Å². The van der Waals surface area contributed by atoms with Gasteiger partial charge in [0.2, 0.25) is 0 Å². The van der Waals surface area contributed by atoms with Crippen molar-refractivity contribution in [3.05, 3.63) is 53.8 Å². The van der Waals surface area contributed by atoms with E-state index in [-0.39, 0.29) is 18.7 Å². The van der Waals surface area contributed by atoms with Crippen LogP contribution in [-0.2, 0) is 26.1 Å². The van der Waals surface area contributed by atoms with Crippen molar-refractivity contribution in [1.29, 1.82) is 0 Å². The second kappa shape index (κ2) is 8.65. The summed E-state index contributed by atoms with van der Waals surface area (Å²) in [4.78, 5) is 0. The van der Waals surface area contributed by atoms with Gasteiger partial charge >= 0.3 is 0 Å². The number of nitrogens with one attached hydrogen (secondary N) is 1. The van der Waals surface area contributed by atoms with E-state index in [1.54, 1.807) is 24.3 Å². The smallest absolute Gasteiger partial charge is 0.160 e. The summed E-state index contributed by atoms with van der Waals surface area (Å²) in [6.07, 6.45) is 4.37. The third kappa shape index (κ3) is 5.57. The molecule has 2 atom stereocenters. The van der Waals surface area contributed by atoms with Crippen molar-refractivity contribution in [3.63, 3.8) is 0 Å². The number of alkyl halides is 1. The average Bonchev–Trinajstić information content (AvgIpc) is 2.57. The molecule has 0 heterocycles. The van der Waals surface area contributed by atoms with Crippen molar-refractivity contribution in [1.82, 2.24) is 5.32 Å². The molecule has 0 aromatic heterocycles. The number of hydrogen-bond acceptors (Lipinski definition) is 6. The molecule has 1 aliphatic carbocycles. The third-order valence-corrected chi connectivity index (χ3v) is 7.38. The van der Waals surface area contributed by atoms with Gasteiger partial charge in [-0.1, -0.05) is 18.2 Å². The van der Waals surface area contributed by atoms with E-state index >= 15 is 4.39 Å². The zero-order chi connectivity index (χ0) is 21.0. The second-order valence-corrected chi connectivity index (χ2v) is 11.5. The van der Waals surface area contributed by atoms with E-state index in [9.17, 15) is 16.8 Å². The van der Waals surface area contributed by atoms with E-state index < -0.39 is 30.6 Å². The number of ether oxygens (including phenoxy) is 1. The number of rotatable bonds is 9. The lowest BCUT2D eigenvalue weighted by molar-refractivity contribution is 0.326. The Morgan fingerprint density at radius 1 is 1.14 bits per heavy atom. The highest BCUT2D eigenvalue weighted by molar-refractivity contribution is 7.92. The molecule has 0 saturated carbocycles. The van der Waals surface area contributed by atoms with Gasteiger partial charge in [0.15, 0.2) is 9.84 Å². The largest absolute Gasteiger partial charge is 0.494 e. The monoisotopic (exact) mass is 431 g/mol. The van der Waals surface area contributed by atoms with E-state index in [0.29, 0.717) is 23.6 Å². The molecule has 0 radical (unpaired) electrons. The van der Waals surface area contributed by atoms with E-state index in [1.807, 2.05) is 6.92 Å². The van der Waals surface area contributed by atoms with Crippen molar-refractivity contribution < 1.29 is 26.0 Å². The van der Waals surface area contributed by atoms with Crippen LogP contribution in [0.25, 0.3) is 0 Å². The van der Waals surface area contributed by atoms with Crippen molar-refractivity contribution in [2.45, 2.75) is 24.3 Å². The van der Waals surface area contributed by atoms with Gasteiger partial charge in [0.05, 0.1) is 12.4 Å². The summed E-state index contributed by atoms with van der Waals surface area (Å²) in [5.74, 6) is 0.561. The Kier molecular flexibility index (Phi) is 6.93. The summed E-state index contributed by atoms with van der Waals surface area (Å²) < 4.78 is 66.2. The zero-order valence-electron chi connectivity index (χ0n) is 16.2. The minimum atomic E-state index is -3.78. The summed E-state index contributed by atoms with van der Waals surface area (Å²) in [7, 11) is -6.93. The van der Waals surface area contributed by atoms with Crippen LogP contribution in [0.15, 0.2) is 48.2 Å². The average molecular weight is 432 g/mol. The number of sulfone groups is 2. The molecular weight excluding hydrogens is 405 g/mol. The van der Waals surface area contributed by atoms with Crippen LogP contribution in [0.4, 0.5) is 4.39 Å². The van der Waals surface area contributed by atoms with Gasteiger partial charge in [0.1, 0.15) is 26.5 Å². The quantitative estimate of drug-likeness (QED) is 0.642. The van der Waals surface area contributed by atoms with Gasteiger partial charge in [0.25, 0.3) is 0 Å². The Morgan fingerprint density at radius 3 is 2.29 bits per heavy atom. The summed E-state index contributed by atoms with van der Waals surface area (Å²) >= 11 is 0. The summed E-state index contributed by atoms with van der Waals surface area (Å²) in [5.41, 5.74) is 1.03. The summed E-state index contributed by atoms with van der Waals surface area (Å²) in [6.45, 7) is 2.50. The molecule has 1 aromatic carbocycles. The fourth-order valence-electron chi connectivity index (χ4n) is 2.98. The van der Waals surface area contributed by atoms with Crippen molar-refractivity contribution in [2.75, 3.05) is 31.4 Å². The maximum atomic E-state index is 15.1. The molecule has 6 nitrogen and oxygen atoms in total. The number of halogens is 1. The molecule has 156 valence electrons. The molecule has 2 unspecified atom stereocenters. The van der Waals surface area contributed by atoms with E-state index in [0.717, 1.165) is 12.5 Å². The number of benzene rings is 1.